The Morgan fingerprint density at radius 3 is 1.48 bits per heavy atom. The molecule has 0 saturated heterocycles. The van der Waals surface area contributed by atoms with Gasteiger partial charge < -0.3 is 10.2 Å². The average Bonchev–Trinajstić information content (AvgIpc) is 2.40. The van der Waals surface area contributed by atoms with Gasteiger partial charge in [-0.1, -0.05) is 0 Å². The van der Waals surface area contributed by atoms with Gasteiger partial charge in [0.2, 0.25) is 0 Å². The monoisotopic (exact) mass is 318 g/mol. The average molecular weight is 318 g/mol. The lowest BCUT2D eigenvalue weighted by atomic mass is 10.2. The van der Waals surface area contributed by atoms with Crippen molar-refractivity contribution in [3.63, 3.8) is 0 Å². The Kier molecular flexibility index (Phi) is 4.62. The van der Waals surface area contributed by atoms with E-state index in [1.165, 1.54) is 0 Å². The number of hydrogen-bond acceptors (Lipinski definition) is 3. The standard InChI is InChI=1S/C14H10F4O2S/c15-9-1-7(13(19)11(17)3-9)5-21-6-8-2-10(16)4-12(18)14(8)20/h1-4,19-20H,5-6H2. The maximum Gasteiger partial charge on any atom is 0.168 e. The van der Waals surface area contributed by atoms with Crippen LogP contribution in [0.25, 0.3) is 0 Å². The van der Waals surface area contributed by atoms with Crippen LogP contribution < -0.4 is 0 Å². The summed E-state index contributed by atoms with van der Waals surface area (Å²) in [6.07, 6.45) is 0. The van der Waals surface area contributed by atoms with E-state index < -0.39 is 34.8 Å². The summed E-state index contributed by atoms with van der Waals surface area (Å²) in [5, 5.41) is 18.9. The minimum absolute atomic E-state index is 0.0120. The van der Waals surface area contributed by atoms with Crippen LogP contribution in [0.4, 0.5) is 17.6 Å². The van der Waals surface area contributed by atoms with Crippen LogP contribution >= 0.6 is 11.8 Å². The Morgan fingerprint density at radius 2 is 1.10 bits per heavy atom. The van der Waals surface area contributed by atoms with E-state index in [-0.39, 0.29) is 22.6 Å². The van der Waals surface area contributed by atoms with Crippen molar-refractivity contribution >= 4 is 11.8 Å². The molecule has 21 heavy (non-hydrogen) atoms. The molecule has 2 aromatic rings. The molecule has 112 valence electrons. The Labute approximate surface area is 122 Å². The highest BCUT2D eigenvalue weighted by atomic mass is 32.2. The molecule has 2 rings (SSSR count). The van der Waals surface area contributed by atoms with Gasteiger partial charge in [-0.15, -0.1) is 0 Å². The molecule has 0 unspecified atom stereocenters. The first kappa shape index (κ1) is 15.5. The Hall–Kier alpha value is -1.89. The largest absolute Gasteiger partial charge is 0.505 e. The molecule has 0 bridgehead atoms. The van der Waals surface area contributed by atoms with Gasteiger partial charge in [-0.2, -0.15) is 11.8 Å². The normalized spacial score (nSPS) is 10.9. The van der Waals surface area contributed by atoms with Crippen LogP contribution in [0.1, 0.15) is 11.1 Å². The molecular weight excluding hydrogens is 308 g/mol. The van der Waals surface area contributed by atoms with Crippen molar-refractivity contribution in [1.29, 1.82) is 0 Å². The predicted octanol–water partition coefficient (Wildman–Crippen LogP) is 4.09. The molecule has 0 aromatic heterocycles. The molecule has 0 aliphatic heterocycles. The van der Waals surface area contributed by atoms with E-state index in [1.54, 1.807) is 0 Å². The van der Waals surface area contributed by atoms with E-state index >= 15 is 0 Å². The Morgan fingerprint density at radius 1 is 0.714 bits per heavy atom. The molecule has 0 radical (unpaired) electrons. The molecule has 0 aliphatic rings. The second-order valence-corrected chi connectivity index (χ2v) is 5.27. The maximum atomic E-state index is 13.1. The van der Waals surface area contributed by atoms with E-state index in [9.17, 15) is 27.8 Å². The Bertz CT molecular complexity index is 619. The quantitative estimate of drug-likeness (QED) is 0.834. The number of phenols is 2. The lowest BCUT2D eigenvalue weighted by molar-refractivity contribution is 0.423. The summed E-state index contributed by atoms with van der Waals surface area (Å²) in [5.41, 5.74) is 0.0442. The van der Waals surface area contributed by atoms with Crippen molar-refractivity contribution in [2.24, 2.45) is 0 Å². The minimum atomic E-state index is -1.08. The number of halogens is 4. The fourth-order valence-electron chi connectivity index (χ4n) is 1.73. The number of benzene rings is 2. The molecule has 7 heteroatoms. The van der Waals surface area contributed by atoms with Gasteiger partial charge >= 0.3 is 0 Å². The second-order valence-electron chi connectivity index (χ2n) is 4.28. The molecule has 2 aromatic carbocycles. The molecule has 0 fully saturated rings. The first-order valence-electron chi connectivity index (χ1n) is 5.80. The van der Waals surface area contributed by atoms with E-state index in [1.807, 2.05) is 0 Å². The second kappa shape index (κ2) is 6.26. The zero-order valence-corrected chi connectivity index (χ0v) is 11.4. The minimum Gasteiger partial charge on any atom is -0.505 e. The van der Waals surface area contributed by atoms with E-state index in [0.29, 0.717) is 12.1 Å². The first-order valence-corrected chi connectivity index (χ1v) is 6.95. The maximum absolute atomic E-state index is 13.1. The van der Waals surface area contributed by atoms with Crippen molar-refractivity contribution in [2.45, 2.75) is 11.5 Å². The van der Waals surface area contributed by atoms with Crippen molar-refractivity contribution in [3.05, 3.63) is 58.7 Å². The van der Waals surface area contributed by atoms with Crippen LogP contribution in [0.15, 0.2) is 24.3 Å². The fourth-order valence-corrected chi connectivity index (χ4v) is 2.71. The molecule has 0 spiro atoms. The summed E-state index contributed by atoms with van der Waals surface area (Å²) in [4.78, 5) is 0. The van der Waals surface area contributed by atoms with Gasteiger partial charge in [0.15, 0.2) is 23.1 Å². The van der Waals surface area contributed by atoms with Gasteiger partial charge in [-0.25, -0.2) is 17.6 Å². The molecule has 0 atom stereocenters. The van der Waals surface area contributed by atoms with Crippen LogP contribution in [0.2, 0.25) is 0 Å². The van der Waals surface area contributed by atoms with Gasteiger partial charge in [-0.05, 0) is 12.1 Å². The third kappa shape index (κ3) is 3.60. The van der Waals surface area contributed by atoms with Gasteiger partial charge in [0, 0.05) is 34.8 Å². The van der Waals surface area contributed by atoms with Crippen molar-refractivity contribution in [3.8, 4) is 11.5 Å². The van der Waals surface area contributed by atoms with Gasteiger partial charge in [0.05, 0.1) is 0 Å². The third-order valence-electron chi connectivity index (χ3n) is 2.73. The van der Waals surface area contributed by atoms with Crippen molar-refractivity contribution in [1.82, 2.24) is 0 Å². The topological polar surface area (TPSA) is 40.5 Å². The molecule has 0 aliphatic carbocycles. The van der Waals surface area contributed by atoms with Crippen LogP contribution in [0, 0.1) is 23.3 Å². The lowest BCUT2D eigenvalue weighted by Gasteiger charge is -2.08. The van der Waals surface area contributed by atoms with E-state index in [2.05, 4.69) is 0 Å². The van der Waals surface area contributed by atoms with Gasteiger partial charge in [-0.3, -0.25) is 0 Å². The number of thioether (sulfide) groups is 1. The molecule has 2 N–H and O–H groups in total. The Balaban J connectivity index is 2.09. The summed E-state index contributed by atoms with van der Waals surface area (Å²) in [6.45, 7) is 0. The number of phenolic OH excluding ortho intramolecular Hbond substituents is 2. The zero-order valence-electron chi connectivity index (χ0n) is 10.5. The highest BCUT2D eigenvalue weighted by Gasteiger charge is 2.13. The molecule has 2 nitrogen and oxygen atoms in total. The SMILES string of the molecule is Oc1c(F)cc(F)cc1CSCc1cc(F)cc(F)c1O. The molecule has 0 amide bonds. The number of hydrogen-bond donors (Lipinski definition) is 2. The van der Waals surface area contributed by atoms with Crippen LogP contribution in [0.3, 0.4) is 0 Å². The van der Waals surface area contributed by atoms with E-state index in [0.717, 1.165) is 23.9 Å². The number of rotatable bonds is 4. The van der Waals surface area contributed by atoms with Crippen molar-refractivity contribution in [2.75, 3.05) is 0 Å². The summed E-state index contributed by atoms with van der Waals surface area (Å²) in [7, 11) is 0. The molecular formula is C14H10F4O2S. The first-order chi connectivity index (χ1) is 9.88. The molecule has 0 saturated carbocycles. The highest BCUT2D eigenvalue weighted by molar-refractivity contribution is 7.97. The predicted molar refractivity (Wildman–Crippen MR) is 71.0 cm³/mol. The van der Waals surface area contributed by atoms with Gasteiger partial charge in [0.1, 0.15) is 11.6 Å². The van der Waals surface area contributed by atoms with Crippen LogP contribution in [0.5, 0.6) is 11.5 Å². The smallest absolute Gasteiger partial charge is 0.168 e. The summed E-state index contributed by atoms with van der Waals surface area (Å²) >= 11 is 1.04. The highest BCUT2D eigenvalue weighted by Crippen LogP contribution is 2.31. The molecule has 0 heterocycles. The van der Waals surface area contributed by atoms with Crippen molar-refractivity contribution < 1.29 is 27.8 Å². The summed E-state index contributed by atoms with van der Waals surface area (Å²) in [6, 6.07) is 3.05. The van der Waals surface area contributed by atoms with Crippen LogP contribution in [-0.2, 0) is 11.5 Å². The fraction of sp³-hybridized carbons (Fsp3) is 0.143. The summed E-state index contributed by atoms with van der Waals surface area (Å²) < 4.78 is 52.3. The van der Waals surface area contributed by atoms with Crippen LogP contribution in [-0.4, -0.2) is 10.2 Å². The van der Waals surface area contributed by atoms with Gasteiger partial charge in [0.25, 0.3) is 0 Å². The summed E-state index contributed by atoms with van der Waals surface area (Å²) in [5.74, 6) is -5.13. The zero-order chi connectivity index (χ0) is 15.6. The van der Waals surface area contributed by atoms with E-state index in [4.69, 9.17) is 0 Å². The third-order valence-corrected chi connectivity index (χ3v) is 3.76. The lowest BCUT2D eigenvalue weighted by Crippen LogP contribution is -1.92. The number of aromatic hydroxyl groups is 2.